The molecule has 0 radical (unpaired) electrons. The molecule has 90 valence electrons. The zero-order valence-electron chi connectivity index (χ0n) is 10.4. The van der Waals surface area contributed by atoms with E-state index >= 15 is 0 Å². The normalized spacial score (nSPS) is 10.4. The van der Waals surface area contributed by atoms with E-state index in [1.165, 1.54) is 5.56 Å². The van der Waals surface area contributed by atoms with E-state index in [0.717, 1.165) is 30.8 Å². The Morgan fingerprint density at radius 2 is 2.06 bits per heavy atom. The molecule has 0 fully saturated rings. The molecule has 3 heteroatoms. The van der Waals surface area contributed by atoms with Crippen molar-refractivity contribution in [3.05, 3.63) is 29.3 Å². The third-order valence-electron chi connectivity index (χ3n) is 2.40. The smallest absolute Gasteiger partial charge is 0.124 e. The van der Waals surface area contributed by atoms with Gasteiger partial charge in [-0.25, -0.2) is 0 Å². The second-order valence-electron chi connectivity index (χ2n) is 3.76. The lowest BCUT2D eigenvalue weighted by molar-refractivity contribution is 0.181. The number of rotatable bonds is 7. The molecule has 0 saturated heterocycles. The van der Waals surface area contributed by atoms with Crippen molar-refractivity contribution < 1.29 is 9.47 Å². The van der Waals surface area contributed by atoms with Gasteiger partial charge in [0.2, 0.25) is 0 Å². The minimum absolute atomic E-state index is 0.588. The van der Waals surface area contributed by atoms with E-state index in [2.05, 4.69) is 24.4 Å². The SMILES string of the molecule is CCCNCc1ccc(OC)c(COC)c1. The maximum absolute atomic E-state index is 5.28. The fourth-order valence-electron chi connectivity index (χ4n) is 1.62. The van der Waals surface area contributed by atoms with Crippen LogP contribution in [0.2, 0.25) is 0 Å². The lowest BCUT2D eigenvalue weighted by atomic mass is 10.1. The van der Waals surface area contributed by atoms with Crippen LogP contribution in [0.1, 0.15) is 24.5 Å². The highest BCUT2D eigenvalue weighted by Crippen LogP contribution is 2.20. The van der Waals surface area contributed by atoms with Gasteiger partial charge < -0.3 is 14.8 Å². The molecule has 0 amide bonds. The van der Waals surface area contributed by atoms with Crippen LogP contribution >= 0.6 is 0 Å². The number of benzene rings is 1. The molecule has 1 aromatic rings. The molecular weight excluding hydrogens is 202 g/mol. The van der Waals surface area contributed by atoms with Gasteiger partial charge in [0.05, 0.1) is 13.7 Å². The van der Waals surface area contributed by atoms with Crippen LogP contribution in [0.5, 0.6) is 5.75 Å². The summed E-state index contributed by atoms with van der Waals surface area (Å²) in [5.74, 6) is 0.890. The molecule has 0 saturated carbocycles. The Labute approximate surface area is 97.8 Å². The second-order valence-corrected chi connectivity index (χ2v) is 3.76. The molecule has 3 nitrogen and oxygen atoms in total. The van der Waals surface area contributed by atoms with Gasteiger partial charge in [-0.1, -0.05) is 13.0 Å². The summed E-state index contributed by atoms with van der Waals surface area (Å²) in [6.45, 7) is 4.70. The van der Waals surface area contributed by atoms with Gasteiger partial charge in [0.25, 0.3) is 0 Å². The number of nitrogens with one attached hydrogen (secondary N) is 1. The van der Waals surface area contributed by atoms with Crippen LogP contribution in [0.25, 0.3) is 0 Å². The van der Waals surface area contributed by atoms with E-state index in [4.69, 9.17) is 9.47 Å². The monoisotopic (exact) mass is 223 g/mol. The fourth-order valence-corrected chi connectivity index (χ4v) is 1.62. The van der Waals surface area contributed by atoms with Crippen LogP contribution in [-0.4, -0.2) is 20.8 Å². The molecule has 0 heterocycles. The Bertz CT molecular complexity index is 313. The minimum atomic E-state index is 0.588. The summed E-state index contributed by atoms with van der Waals surface area (Å²) in [5.41, 5.74) is 2.36. The molecule has 1 N–H and O–H groups in total. The quantitative estimate of drug-likeness (QED) is 0.720. The highest BCUT2D eigenvalue weighted by atomic mass is 16.5. The van der Waals surface area contributed by atoms with Crippen molar-refractivity contribution in [3.8, 4) is 5.75 Å². The number of methoxy groups -OCH3 is 2. The Morgan fingerprint density at radius 1 is 1.25 bits per heavy atom. The molecule has 0 spiro atoms. The maximum atomic E-state index is 5.28. The molecule has 0 aliphatic rings. The Kier molecular flexibility index (Phi) is 5.90. The van der Waals surface area contributed by atoms with Crippen molar-refractivity contribution in [2.24, 2.45) is 0 Å². The van der Waals surface area contributed by atoms with Gasteiger partial charge in [-0.05, 0) is 30.7 Å². The van der Waals surface area contributed by atoms with Crippen LogP contribution in [-0.2, 0) is 17.9 Å². The van der Waals surface area contributed by atoms with Gasteiger partial charge in [-0.15, -0.1) is 0 Å². The topological polar surface area (TPSA) is 30.5 Å². The lowest BCUT2D eigenvalue weighted by Gasteiger charge is -2.10. The van der Waals surface area contributed by atoms with E-state index in [9.17, 15) is 0 Å². The van der Waals surface area contributed by atoms with Crippen molar-refractivity contribution in [1.29, 1.82) is 0 Å². The summed E-state index contributed by atoms with van der Waals surface area (Å²) in [6, 6.07) is 6.21. The first-order chi connectivity index (χ1) is 7.81. The van der Waals surface area contributed by atoms with Gasteiger partial charge in [-0.3, -0.25) is 0 Å². The average molecular weight is 223 g/mol. The van der Waals surface area contributed by atoms with Crippen LogP contribution in [0.15, 0.2) is 18.2 Å². The first kappa shape index (κ1) is 13.0. The highest BCUT2D eigenvalue weighted by molar-refractivity contribution is 5.36. The van der Waals surface area contributed by atoms with Gasteiger partial charge >= 0.3 is 0 Å². The Balaban J connectivity index is 2.68. The van der Waals surface area contributed by atoms with E-state index in [-0.39, 0.29) is 0 Å². The van der Waals surface area contributed by atoms with E-state index in [1.807, 2.05) is 6.07 Å². The zero-order chi connectivity index (χ0) is 11.8. The van der Waals surface area contributed by atoms with Crippen LogP contribution < -0.4 is 10.1 Å². The fraction of sp³-hybridized carbons (Fsp3) is 0.538. The van der Waals surface area contributed by atoms with E-state index < -0.39 is 0 Å². The van der Waals surface area contributed by atoms with Crippen molar-refractivity contribution in [1.82, 2.24) is 5.32 Å². The molecular formula is C13H21NO2. The summed E-state index contributed by atoms with van der Waals surface area (Å²) >= 11 is 0. The van der Waals surface area contributed by atoms with Gasteiger partial charge in [0.1, 0.15) is 5.75 Å². The van der Waals surface area contributed by atoms with Crippen molar-refractivity contribution in [3.63, 3.8) is 0 Å². The largest absolute Gasteiger partial charge is 0.496 e. The minimum Gasteiger partial charge on any atom is -0.496 e. The summed E-state index contributed by atoms with van der Waals surface area (Å²) in [5, 5.41) is 3.38. The standard InChI is InChI=1S/C13H21NO2/c1-4-7-14-9-11-5-6-13(16-3)12(8-11)10-15-2/h5-6,8,14H,4,7,9-10H2,1-3H3. The van der Waals surface area contributed by atoms with Crippen molar-refractivity contribution in [2.75, 3.05) is 20.8 Å². The Hall–Kier alpha value is -1.06. The second kappa shape index (κ2) is 7.25. The molecule has 0 atom stereocenters. The zero-order valence-corrected chi connectivity index (χ0v) is 10.4. The molecule has 0 aliphatic carbocycles. The molecule has 1 rings (SSSR count). The molecule has 16 heavy (non-hydrogen) atoms. The van der Waals surface area contributed by atoms with Gasteiger partial charge in [-0.2, -0.15) is 0 Å². The predicted molar refractivity (Wildman–Crippen MR) is 65.7 cm³/mol. The average Bonchev–Trinajstić information content (AvgIpc) is 2.30. The lowest BCUT2D eigenvalue weighted by Crippen LogP contribution is -2.14. The first-order valence-corrected chi connectivity index (χ1v) is 5.67. The van der Waals surface area contributed by atoms with Crippen LogP contribution in [0, 0.1) is 0 Å². The van der Waals surface area contributed by atoms with Gasteiger partial charge in [0.15, 0.2) is 0 Å². The van der Waals surface area contributed by atoms with Crippen LogP contribution in [0.4, 0.5) is 0 Å². The number of ether oxygens (including phenoxy) is 2. The molecule has 0 bridgehead atoms. The summed E-state index contributed by atoms with van der Waals surface area (Å²) in [6.07, 6.45) is 1.15. The van der Waals surface area contributed by atoms with Crippen LogP contribution in [0.3, 0.4) is 0 Å². The third-order valence-corrected chi connectivity index (χ3v) is 2.40. The van der Waals surface area contributed by atoms with E-state index in [0.29, 0.717) is 6.61 Å². The van der Waals surface area contributed by atoms with Crippen molar-refractivity contribution >= 4 is 0 Å². The third kappa shape index (κ3) is 3.83. The van der Waals surface area contributed by atoms with E-state index in [1.54, 1.807) is 14.2 Å². The Morgan fingerprint density at radius 3 is 2.69 bits per heavy atom. The summed E-state index contributed by atoms with van der Waals surface area (Å²) < 4.78 is 10.4. The molecule has 1 aromatic carbocycles. The molecule has 0 aromatic heterocycles. The first-order valence-electron chi connectivity index (χ1n) is 5.67. The molecule has 0 unspecified atom stereocenters. The maximum Gasteiger partial charge on any atom is 0.124 e. The summed E-state index contributed by atoms with van der Waals surface area (Å²) in [4.78, 5) is 0. The number of hydrogen-bond acceptors (Lipinski definition) is 3. The van der Waals surface area contributed by atoms with Gasteiger partial charge in [0, 0.05) is 19.2 Å². The molecule has 0 aliphatic heterocycles. The predicted octanol–water partition coefficient (Wildman–Crippen LogP) is 2.34. The number of hydrogen-bond donors (Lipinski definition) is 1. The summed E-state index contributed by atoms with van der Waals surface area (Å²) in [7, 11) is 3.38. The van der Waals surface area contributed by atoms with Crippen molar-refractivity contribution in [2.45, 2.75) is 26.5 Å². The highest BCUT2D eigenvalue weighted by Gasteiger charge is 2.03.